The van der Waals surface area contributed by atoms with E-state index in [9.17, 15) is 8.42 Å². The fraction of sp³-hybridized carbons (Fsp3) is 0.636. The minimum atomic E-state index is -3.47. The quantitative estimate of drug-likeness (QED) is 0.699. The van der Waals surface area contributed by atoms with E-state index >= 15 is 0 Å². The summed E-state index contributed by atoms with van der Waals surface area (Å²) >= 11 is 1.23. The molecule has 0 atom stereocenters. The normalized spacial score (nSPS) is 16.1. The van der Waals surface area contributed by atoms with E-state index in [1.165, 1.54) is 35.6 Å². The van der Waals surface area contributed by atoms with E-state index in [0.29, 0.717) is 17.4 Å². The molecule has 1 saturated carbocycles. The van der Waals surface area contributed by atoms with Crippen molar-refractivity contribution in [1.29, 1.82) is 0 Å². The van der Waals surface area contributed by atoms with Crippen LogP contribution in [0.15, 0.2) is 16.3 Å². The van der Waals surface area contributed by atoms with Gasteiger partial charge in [-0.3, -0.25) is 0 Å². The predicted molar refractivity (Wildman–Crippen MR) is 69.0 cm³/mol. The maximum absolute atomic E-state index is 11.8. The second-order valence-corrected chi connectivity index (χ2v) is 7.09. The summed E-state index contributed by atoms with van der Waals surface area (Å²) in [6, 6.07) is 1.48. The van der Waals surface area contributed by atoms with Crippen molar-refractivity contribution < 1.29 is 18.3 Å². The van der Waals surface area contributed by atoms with Crippen molar-refractivity contribution in [2.24, 2.45) is 5.92 Å². The van der Waals surface area contributed by atoms with Gasteiger partial charge < -0.3 is 9.84 Å². The molecular formula is C11H17NO4S2. The molecule has 0 aliphatic heterocycles. The van der Waals surface area contributed by atoms with E-state index in [-0.39, 0.29) is 18.0 Å². The van der Waals surface area contributed by atoms with Crippen molar-refractivity contribution in [3.63, 3.8) is 0 Å². The number of thiophene rings is 1. The van der Waals surface area contributed by atoms with Crippen LogP contribution in [-0.4, -0.2) is 33.3 Å². The Hall–Kier alpha value is -0.470. The first-order chi connectivity index (χ1) is 8.62. The molecule has 1 aromatic rings. The Balaban J connectivity index is 1.75. The van der Waals surface area contributed by atoms with Crippen molar-refractivity contribution in [3.8, 4) is 0 Å². The molecule has 1 aliphatic rings. The molecule has 1 heterocycles. The van der Waals surface area contributed by atoms with Crippen LogP contribution in [0.5, 0.6) is 0 Å². The molecule has 2 rings (SSSR count). The van der Waals surface area contributed by atoms with Crippen LogP contribution in [0.2, 0.25) is 0 Å². The van der Waals surface area contributed by atoms with Crippen molar-refractivity contribution in [2.75, 3.05) is 19.8 Å². The summed E-state index contributed by atoms with van der Waals surface area (Å²) in [7, 11) is -3.47. The van der Waals surface area contributed by atoms with Crippen molar-refractivity contribution in [2.45, 2.75) is 24.3 Å². The molecule has 2 N–H and O–H groups in total. The fourth-order valence-electron chi connectivity index (χ4n) is 1.45. The zero-order valence-corrected chi connectivity index (χ0v) is 11.6. The third-order valence-corrected chi connectivity index (χ3v) is 5.20. The highest BCUT2D eigenvalue weighted by Crippen LogP contribution is 2.28. The second kappa shape index (κ2) is 6.12. The van der Waals surface area contributed by atoms with Gasteiger partial charge in [-0.05, 0) is 24.8 Å². The first-order valence-electron chi connectivity index (χ1n) is 5.87. The Bertz CT molecular complexity index is 479. The standard InChI is InChI=1S/C11H17NO4S2/c13-6-10-5-11(8-17-10)18(14,15)12-3-4-16-7-9-1-2-9/h5,8-9,12-13H,1-4,6-7H2. The van der Waals surface area contributed by atoms with Gasteiger partial charge in [0.1, 0.15) is 0 Å². The number of hydrogen-bond donors (Lipinski definition) is 2. The molecule has 0 amide bonds. The summed E-state index contributed by atoms with van der Waals surface area (Å²) in [4.78, 5) is 0.846. The summed E-state index contributed by atoms with van der Waals surface area (Å²) in [6.45, 7) is 1.27. The lowest BCUT2D eigenvalue weighted by Crippen LogP contribution is -2.27. The molecule has 7 heteroatoms. The molecule has 1 aromatic heterocycles. The first-order valence-corrected chi connectivity index (χ1v) is 8.24. The van der Waals surface area contributed by atoms with E-state index in [0.717, 1.165) is 6.61 Å². The zero-order chi connectivity index (χ0) is 13.0. The van der Waals surface area contributed by atoms with Crippen LogP contribution < -0.4 is 4.72 Å². The highest BCUT2D eigenvalue weighted by atomic mass is 32.2. The smallest absolute Gasteiger partial charge is 0.241 e. The highest BCUT2D eigenvalue weighted by molar-refractivity contribution is 7.89. The number of aliphatic hydroxyl groups is 1. The monoisotopic (exact) mass is 291 g/mol. The van der Waals surface area contributed by atoms with E-state index < -0.39 is 10.0 Å². The van der Waals surface area contributed by atoms with Gasteiger partial charge in [-0.25, -0.2) is 13.1 Å². The van der Waals surface area contributed by atoms with Crippen LogP contribution >= 0.6 is 11.3 Å². The average Bonchev–Trinajstić information content (AvgIpc) is 3.03. The largest absolute Gasteiger partial charge is 0.391 e. The van der Waals surface area contributed by atoms with Crippen LogP contribution in [0.3, 0.4) is 0 Å². The Morgan fingerprint density at radius 3 is 2.89 bits per heavy atom. The van der Waals surface area contributed by atoms with Crippen molar-refractivity contribution in [3.05, 3.63) is 16.3 Å². The van der Waals surface area contributed by atoms with Crippen molar-refractivity contribution >= 4 is 21.4 Å². The zero-order valence-electron chi connectivity index (χ0n) is 9.96. The lowest BCUT2D eigenvalue weighted by molar-refractivity contribution is 0.129. The maximum atomic E-state index is 11.8. The van der Waals surface area contributed by atoms with Crippen LogP contribution in [-0.2, 0) is 21.4 Å². The van der Waals surface area contributed by atoms with Gasteiger partial charge in [-0.2, -0.15) is 0 Å². The molecule has 0 unspecified atom stereocenters. The van der Waals surface area contributed by atoms with E-state index in [1.54, 1.807) is 0 Å². The lowest BCUT2D eigenvalue weighted by atomic mass is 10.5. The molecule has 1 aliphatic carbocycles. The van der Waals surface area contributed by atoms with Gasteiger partial charge in [-0.1, -0.05) is 0 Å². The molecule has 0 radical (unpaired) electrons. The molecule has 0 bridgehead atoms. The van der Waals surface area contributed by atoms with Gasteiger partial charge >= 0.3 is 0 Å². The topological polar surface area (TPSA) is 75.6 Å². The molecule has 5 nitrogen and oxygen atoms in total. The SMILES string of the molecule is O=S(=O)(NCCOCC1CC1)c1csc(CO)c1. The number of rotatable bonds is 8. The van der Waals surface area contributed by atoms with Gasteiger partial charge in [-0.15, -0.1) is 11.3 Å². The van der Waals surface area contributed by atoms with Crippen LogP contribution in [0.1, 0.15) is 17.7 Å². The molecule has 102 valence electrons. The van der Waals surface area contributed by atoms with E-state index in [1.807, 2.05) is 0 Å². The maximum Gasteiger partial charge on any atom is 0.241 e. The van der Waals surface area contributed by atoms with Crippen molar-refractivity contribution in [1.82, 2.24) is 4.72 Å². The minimum Gasteiger partial charge on any atom is -0.391 e. The number of nitrogens with one attached hydrogen (secondary N) is 1. The van der Waals surface area contributed by atoms with E-state index in [2.05, 4.69) is 4.72 Å². The summed E-state index contributed by atoms with van der Waals surface area (Å²) in [5.41, 5.74) is 0. The van der Waals surface area contributed by atoms with Gasteiger partial charge in [0.25, 0.3) is 0 Å². The summed E-state index contributed by atoms with van der Waals surface area (Å²) in [5.74, 6) is 0.686. The number of sulfonamides is 1. The minimum absolute atomic E-state index is 0.134. The Morgan fingerprint density at radius 2 is 2.28 bits per heavy atom. The number of ether oxygens (including phenoxy) is 1. The Morgan fingerprint density at radius 1 is 1.50 bits per heavy atom. The first kappa shape index (κ1) is 14.0. The number of hydrogen-bond acceptors (Lipinski definition) is 5. The van der Waals surface area contributed by atoms with Crippen LogP contribution in [0.25, 0.3) is 0 Å². The fourth-order valence-corrected chi connectivity index (χ4v) is 3.60. The predicted octanol–water partition coefficient (Wildman–Crippen LogP) is 0.945. The van der Waals surface area contributed by atoms with Gasteiger partial charge in [0.15, 0.2) is 0 Å². The van der Waals surface area contributed by atoms with Gasteiger partial charge in [0.05, 0.1) is 18.1 Å². The summed E-state index contributed by atoms with van der Waals surface area (Å²) < 4.78 is 31.5. The molecule has 0 saturated heterocycles. The third kappa shape index (κ3) is 4.03. The van der Waals surface area contributed by atoms with Gasteiger partial charge in [0, 0.05) is 23.4 Å². The number of aliphatic hydroxyl groups excluding tert-OH is 1. The van der Waals surface area contributed by atoms with Gasteiger partial charge in [0.2, 0.25) is 10.0 Å². The van der Waals surface area contributed by atoms with Crippen LogP contribution in [0.4, 0.5) is 0 Å². The lowest BCUT2D eigenvalue weighted by Gasteiger charge is -2.05. The highest BCUT2D eigenvalue weighted by Gasteiger charge is 2.21. The molecule has 1 fully saturated rings. The molecule has 0 spiro atoms. The average molecular weight is 291 g/mol. The van der Waals surface area contributed by atoms with E-state index in [4.69, 9.17) is 9.84 Å². The Labute approximate surface area is 111 Å². The molecular weight excluding hydrogens is 274 g/mol. The second-order valence-electron chi connectivity index (χ2n) is 4.32. The summed E-state index contributed by atoms with van der Waals surface area (Å²) in [5, 5.41) is 10.4. The molecule has 18 heavy (non-hydrogen) atoms. The van der Waals surface area contributed by atoms with Crippen LogP contribution in [0, 0.1) is 5.92 Å². The third-order valence-electron chi connectivity index (χ3n) is 2.68. The summed E-state index contributed by atoms with van der Waals surface area (Å²) in [6.07, 6.45) is 2.45. The molecule has 0 aromatic carbocycles. The Kier molecular flexibility index (Phi) is 4.74.